The van der Waals surface area contributed by atoms with Crippen LogP contribution in [0.2, 0.25) is 0 Å². The van der Waals surface area contributed by atoms with Crippen LogP contribution in [0, 0.1) is 7.14 Å². The summed E-state index contributed by atoms with van der Waals surface area (Å²) in [6.07, 6.45) is 3.76. The third-order valence-electron chi connectivity index (χ3n) is 3.29. The number of hydrogen-bond donors (Lipinski definition) is 0. The van der Waals surface area contributed by atoms with E-state index in [-0.39, 0.29) is 0 Å². The molecule has 0 aromatic heterocycles. The summed E-state index contributed by atoms with van der Waals surface area (Å²) in [6.45, 7) is 0. The maximum atomic E-state index is 4.51. The van der Waals surface area contributed by atoms with Crippen LogP contribution >= 0.6 is 45.2 Å². The highest BCUT2D eigenvalue weighted by molar-refractivity contribution is 14.1. The zero-order valence-electron chi connectivity index (χ0n) is 12.7. The molecule has 4 heteroatoms. The first-order chi connectivity index (χ1) is 11.7. The fourth-order valence-corrected chi connectivity index (χ4v) is 2.79. The van der Waals surface area contributed by atoms with Crippen LogP contribution in [0.15, 0.2) is 82.8 Å². The predicted molar refractivity (Wildman–Crippen MR) is 119 cm³/mol. The zero-order valence-corrected chi connectivity index (χ0v) is 17.0. The second kappa shape index (κ2) is 8.53. The number of rotatable bonds is 4. The van der Waals surface area contributed by atoms with Crippen molar-refractivity contribution in [3.8, 4) is 0 Å². The monoisotopic (exact) mass is 536 g/mol. The van der Waals surface area contributed by atoms with Gasteiger partial charge >= 0.3 is 0 Å². The summed E-state index contributed by atoms with van der Waals surface area (Å²) in [5.74, 6) is 0. The molecule has 3 aromatic rings. The number of aliphatic imine (C=N–C) groups is 2. The van der Waals surface area contributed by atoms with E-state index in [1.807, 2.05) is 54.9 Å². The fourth-order valence-electron chi connectivity index (χ4n) is 2.07. The SMILES string of the molecule is Ic1ccc(N=Cc2cccc(C=Nc3ccc(I)cc3)c2)cc1. The van der Waals surface area contributed by atoms with Gasteiger partial charge in [-0.1, -0.05) is 18.2 Å². The first-order valence-corrected chi connectivity index (χ1v) is 9.54. The third-order valence-corrected chi connectivity index (χ3v) is 4.73. The van der Waals surface area contributed by atoms with Crippen molar-refractivity contribution in [2.45, 2.75) is 0 Å². The van der Waals surface area contributed by atoms with Crippen molar-refractivity contribution >= 4 is 69.0 Å². The highest BCUT2D eigenvalue weighted by Crippen LogP contribution is 2.16. The van der Waals surface area contributed by atoms with Gasteiger partial charge in [0.15, 0.2) is 0 Å². The van der Waals surface area contributed by atoms with Gasteiger partial charge in [0, 0.05) is 19.6 Å². The Bertz CT molecular complexity index is 796. The number of hydrogen-bond acceptors (Lipinski definition) is 2. The first-order valence-electron chi connectivity index (χ1n) is 7.38. The maximum Gasteiger partial charge on any atom is 0.0630 e. The van der Waals surface area contributed by atoms with Gasteiger partial charge in [-0.25, -0.2) is 0 Å². The van der Waals surface area contributed by atoms with Gasteiger partial charge in [0.2, 0.25) is 0 Å². The Morgan fingerprint density at radius 1 is 0.583 bits per heavy atom. The Labute approximate surface area is 169 Å². The van der Waals surface area contributed by atoms with Crippen LogP contribution < -0.4 is 0 Å². The van der Waals surface area contributed by atoms with E-state index in [9.17, 15) is 0 Å². The molecule has 0 saturated heterocycles. The topological polar surface area (TPSA) is 24.7 Å². The van der Waals surface area contributed by atoms with Crippen molar-refractivity contribution in [1.82, 2.24) is 0 Å². The van der Waals surface area contributed by atoms with E-state index in [0.717, 1.165) is 22.5 Å². The van der Waals surface area contributed by atoms with Crippen LogP contribution in [0.3, 0.4) is 0 Å². The van der Waals surface area contributed by atoms with Crippen molar-refractivity contribution < 1.29 is 0 Å². The van der Waals surface area contributed by atoms with Crippen molar-refractivity contribution in [3.05, 3.63) is 91.1 Å². The second-order valence-electron chi connectivity index (χ2n) is 5.14. The lowest BCUT2D eigenvalue weighted by molar-refractivity contribution is 1.50. The molecule has 2 nitrogen and oxygen atoms in total. The summed E-state index contributed by atoms with van der Waals surface area (Å²) in [5, 5.41) is 0. The van der Waals surface area contributed by atoms with E-state index in [0.29, 0.717) is 0 Å². The lowest BCUT2D eigenvalue weighted by atomic mass is 10.1. The summed E-state index contributed by atoms with van der Waals surface area (Å²) in [7, 11) is 0. The number of benzene rings is 3. The van der Waals surface area contributed by atoms with Crippen LogP contribution in [0.4, 0.5) is 11.4 Å². The quantitative estimate of drug-likeness (QED) is 0.273. The van der Waals surface area contributed by atoms with E-state index in [1.165, 1.54) is 7.14 Å². The van der Waals surface area contributed by atoms with E-state index in [1.54, 1.807) is 0 Å². The highest BCUT2D eigenvalue weighted by atomic mass is 127. The summed E-state index contributed by atoms with van der Waals surface area (Å²) >= 11 is 4.58. The van der Waals surface area contributed by atoms with Crippen molar-refractivity contribution in [3.63, 3.8) is 0 Å². The number of nitrogens with zero attached hydrogens (tertiary/aromatic N) is 2. The largest absolute Gasteiger partial charge is 0.256 e. The van der Waals surface area contributed by atoms with Gasteiger partial charge in [-0.05, 0) is 111 Å². The molecule has 0 fully saturated rings. The lowest BCUT2D eigenvalue weighted by Gasteiger charge is -1.98. The van der Waals surface area contributed by atoms with Gasteiger partial charge in [-0.15, -0.1) is 0 Å². The van der Waals surface area contributed by atoms with Crippen LogP contribution in [0.25, 0.3) is 0 Å². The molecular weight excluding hydrogens is 522 g/mol. The van der Waals surface area contributed by atoms with Crippen LogP contribution in [0.1, 0.15) is 11.1 Å². The minimum Gasteiger partial charge on any atom is -0.256 e. The second-order valence-corrected chi connectivity index (χ2v) is 7.63. The smallest absolute Gasteiger partial charge is 0.0630 e. The van der Waals surface area contributed by atoms with E-state index in [4.69, 9.17) is 0 Å². The number of halogens is 2. The molecule has 0 aliphatic heterocycles. The van der Waals surface area contributed by atoms with E-state index in [2.05, 4.69) is 85.5 Å². The summed E-state index contributed by atoms with van der Waals surface area (Å²) in [6, 6.07) is 24.4. The van der Waals surface area contributed by atoms with Crippen LogP contribution in [-0.2, 0) is 0 Å². The van der Waals surface area contributed by atoms with Gasteiger partial charge in [-0.2, -0.15) is 0 Å². The molecule has 118 valence electrons. The standard InChI is InChI=1S/C20H14I2N2/c21-17-4-8-19(9-5-17)23-13-15-2-1-3-16(12-15)14-24-20-10-6-18(22)7-11-20/h1-14H. The fraction of sp³-hybridized carbons (Fsp3) is 0. The minimum atomic E-state index is 0.952. The molecule has 0 amide bonds. The Kier molecular flexibility index (Phi) is 6.14. The highest BCUT2D eigenvalue weighted by Gasteiger charge is 1.94. The van der Waals surface area contributed by atoms with E-state index >= 15 is 0 Å². The molecule has 0 saturated carbocycles. The molecule has 0 spiro atoms. The van der Waals surface area contributed by atoms with Crippen molar-refractivity contribution in [1.29, 1.82) is 0 Å². The van der Waals surface area contributed by atoms with E-state index < -0.39 is 0 Å². The minimum absolute atomic E-state index is 0.952. The average Bonchev–Trinajstić information content (AvgIpc) is 2.61. The van der Waals surface area contributed by atoms with Crippen LogP contribution in [0.5, 0.6) is 0 Å². The Balaban J connectivity index is 1.74. The Hall–Kier alpha value is -1.54. The molecule has 0 atom stereocenters. The molecule has 0 aliphatic carbocycles. The molecule has 0 heterocycles. The van der Waals surface area contributed by atoms with Gasteiger partial charge in [0.1, 0.15) is 0 Å². The Morgan fingerprint density at radius 2 is 1.00 bits per heavy atom. The summed E-state index contributed by atoms with van der Waals surface area (Å²) < 4.78 is 2.42. The molecule has 0 unspecified atom stereocenters. The predicted octanol–water partition coefficient (Wildman–Crippen LogP) is 6.40. The third kappa shape index (κ3) is 5.24. The zero-order chi connectivity index (χ0) is 16.8. The molecule has 24 heavy (non-hydrogen) atoms. The van der Waals surface area contributed by atoms with Crippen molar-refractivity contribution in [2.75, 3.05) is 0 Å². The molecular formula is C20H14I2N2. The summed E-state index contributed by atoms with van der Waals surface area (Å²) in [5.41, 5.74) is 4.02. The normalized spacial score (nSPS) is 11.4. The summed E-state index contributed by atoms with van der Waals surface area (Å²) in [4.78, 5) is 9.03. The molecule has 0 aliphatic rings. The van der Waals surface area contributed by atoms with Gasteiger partial charge < -0.3 is 0 Å². The van der Waals surface area contributed by atoms with Gasteiger partial charge in [0.05, 0.1) is 11.4 Å². The first kappa shape index (κ1) is 17.3. The molecule has 3 aromatic carbocycles. The van der Waals surface area contributed by atoms with Gasteiger partial charge in [0.25, 0.3) is 0 Å². The Morgan fingerprint density at radius 3 is 1.42 bits per heavy atom. The van der Waals surface area contributed by atoms with Crippen LogP contribution in [-0.4, -0.2) is 12.4 Å². The average molecular weight is 536 g/mol. The molecule has 0 N–H and O–H groups in total. The van der Waals surface area contributed by atoms with Crippen molar-refractivity contribution in [2.24, 2.45) is 9.98 Å². The maximum absolute atomic E-state index is 4.51. The van der Waals surface area contributed by atoms with Gasteiger partial charge in [-0.3, -0.25) is 9.98 Å². The lowest BCUT2D eigenvalue weighted by Crippen LogP contribution is -1.85. The molecule has 3 rings (SSSR count). The molecule has 0 bridgehead atoms. The molecule has 0 radical (unpaired) electrons.